The topological polar surface area (TPSA) is 47.8 Å². The van der Waals surface area contributed by atoms with Gasteiger partial charge in [0, 0.05) is 18.1 Å². The molecule has 0 N–H and O–H groups in total. The Hall–Kier alpha value is -1.75. The monoisotopic (exact) mass is 357 g/mol. The second-order valence-electron chi connectivity index (χ2n) is 6.79. The number of pyridine rings is 1. The third-order valence-electron chi connectivity index (χ3n) is 4.64. The van der Waals surface area contributed by atoms with Crippen molar-refractivity contribution in [1.29, 1.82) is 0 Å². The molecule has 3 aromatic rings. The van der Waals surface area contributed by atoms with Gasteiger partial charge >= 0.3 is 0 Å². The molecule has 4 nitrogen and oxygen atoms in total. The molecule has 3 aromatic heterocycles. The van der Waals surface area contributed by atoms with Gasteiger partial charge in [0.05, 0.1) is 11.8 Å². The van der Waals surface area contributed by atoms with Crippen LogP contribution in [0.5, 0.6) is 0 Å². The van der Waals surface area contributed by atoms with Gasteiger partial charge in [0.25, 0.3) is 5.56 Å². The summed E-state index contributed by atoms with van der Waals surface area (Å²) in [5.41, 5.74) is 2.27. The molecule has 5 heteroatoms. The predicted molar refractivity (Wildman–Crippen MR) is 107 cm³/mol. The molecule has 0 aliphatic heterocycles. The Balaban J connectivity index is 0.000000569. The molecule has 1 aliphatic rings. The second-order valence-corrected chi connectivity index (χ2v) is 7.79. The summed E-state index contributed by atoms with van der Waals surface area (Å²) in [6.45, 7) is 7.04. The lowest BCUT2D eigenvalue weighted by Gasteiger charge is -2.10. The lowest BCUT2D eigenvalue weighted by molar-refractivity contribution is 0.649. The van der Waals surface area contributed by atoms with Crippen LogP contribution in [0.2, 0.25) is 0 Å². The zero-order valence-corrected chi connectivity index (χ0v) is 16.2. The number of hydrogen-bond acceptors (Lipinski definition) is 4. The minimum atomic E-state index is 0.0761. The first kappa shape index (κ1) is 18.1. The van der Waals surface area contributed by atoms with Crippen molar-refractivity contribution in [2.75, 3.05) is 0 Å². The molecule has 4 rings (SSSR count). The molecule has 0 atom stereocenters. The summed E-state index contributed by atoms with van der Waals surface area (Å²) >= 11 is 1.49. The van der Waals surface area contributed by atoms with E-state index in [1.807, 2.05) is 6.20 Å². The van der Waals surface area contributed by atoms with E-state index < -0.39 is 0 Å². The van der Waals surface area contributed by atoms with Crippen LogP contribution in [0.25, 0.3) is 20.4 Å². The Morgan fingerprint density at radius 3 is 2.60 bits per heavy atom. The summed E-state index contributed by atoms with van der Waals surface area (Å²) in [6, 6.07) is 2.13. The second kappa shape index (κ2) is 8.09. The fourth-order valence-electron chi connectivity index (χ4n) is 3.59. The van der Waals surface area contributed by atoms with E-state index in [9.17, 15) is 4.79 Å². The Morgan fingerprint density at radius 1 is 1.20 bits per heavy atom. The molecular weight excluding hydrogens is 330 g/mol. The molecule has 0 unspecified atom stereocenters. The van der Waals surface area contributed by atoms with Gasteiger partial charge in [-0.25, -0.2) is 9.97 Å². The third-order valence-corrected chi connectivity index (χ3v) is 5.71. The highest BCUT2D eigenvalue weighted by molar-refractivity contribution is 7.25. The molecule has 0 amide bonds. The molecule has 0 radical (unpaired) electrons. The quantitative estimate of drug-likeness (QED) is 0.622. The number of fused-ring (bicyclic) bond motifs is 3. The summed E-state index contributed by atoms with van der Waals surface area (Å²) in [7, 11) is 0. The molecule has 134 valence electrons. The maximum atomic E-state index is 12.6. The highest BCUT2D eigenvalue weighted by Gasteiger charge is 2.23. The number of hydrogen-bond donors (Lipinski definition) is 0. The Kier molecular flexibility index (Phi) is 5.84. The fraction of sp³-hybridized carbons (Fsp3) is 0.550. The van der Waals surface area contributed by atoms with E-state index in [0.717, 1.165) is 33.4 Å². The molecule has 1 saturated carbocycles. The van der Waals surface area contributed by atoms with Crippen molar-refractivity contribution < 1.29 is 0 Å². The largest absolute Gasteiger partial charge is 0.298 e. The SMILES string of the molecule is CCC.CCCn1cnc2c(sc3nccc(C4CCCC4)c32)c1=O. The number of aromatic nitrogens is 3. The van der Waals surface area contributed by atoms with E-state index in [1.54, 1.807) is 10.9 Å². The lowest BCUT2D eigenvalue weighted by atomic mass is 9.96. The predicted octanol–water partition coefficient (Wildman–Crippen LogP) is 5.49. The van der Waals surface area contributed by atoms with Crippen LogP contribution >= 0.6 is 11.3 Å². The van der Waals surface area contributed by atoms with E-state index >= 15 is 0 Å². The van der Waals surface area contributed by atoms with Crippen molar-refractivity contribution in [3.05, 3.63) is 34.5 Å². The van der Waals surface area contributed by atoms with Crippen LogP contribution in [-0.2, 0) is 6.54 Å². The van der Waals surface area contributed by atoms with Crippen LogP contribution in [0.1, 0.15) is 70.8 Å². The first-order valence-corrected chi connectivity index (χ1v) is 10.3. The molecule has 1 aliphatic carbocycles. The smallest absolute Gasteiger partial charge is 0.271 e. The Labute approximate surface area is 152 Å². The van der Waals surface area contributed by atoms with Gasteiger partial charge in [-0.2, -0.15) is 0 Å². The van der Waals surface area contributed by atoms with Crippen LogP contribution in [0.4, 0.5) is 0 Å². The normalized spacial score (nSPS) is 14.8. The standard InChI is InChI=1S/C17H19N3OS.C3H8/c1-2-9-20-10-19-14-13-12(11-5-3-4-6-11)7-8-18-16(13)22-15(14)17(20)21;1-3-2/h7-8,10-11H,2-6,9H2,1H3;3H2,1-2H3. The molecule has 0 aromatic carbocycles. The molecule has 0 bridgehead atoms. The molecule has 0 saturated heterocycles. The highest BCUT2D eigenvalue weighted by atomic mass is 32.1. The average molecular weight is 358 g/mol. The van der Waals surface area contributed by atoms with Crippen molar-refractivity contribution in [2.24, 2.45) is 0 Å². The van der Waals surface area contributed by atoms with Crippen LogP contribution in [0.15, 0.2) is 23.4 Å². The summed E-state index contributed by atoms with van der Waals surface area (Å²) in [5.74, 6) is 0.600. The van der Waals surface area contributed by atoms with E-state index in [-0.39, 0.29) is 5.56 Å². The summed E-state index contributed by atoms with van der Waals surface area (Å²) in [5, 5.41) is 1.12. The maximum absolute atomic E-state index is 12.6. The molecule has 1 fully saturated rings. The first-order chi connectivity index (χ1) is 12.2. The van der Waals surface area contributed by atoms with Gasteiger partial charge in [-0.15, -0.1) is 11.3 Å². The van der Waals surface area contributed by atoms with Gasteiger partial charge in [-0.05, 0) is 36.8 Å². The molecule has 0 spiro atoms. The number of aryl methyl sites for hydroxylation is 1. The van der Waals surface area contributed by atoms with Crippen molar-refractivity contribution in [1.82, 2.24) is 14.5 Å². The van der Waals surface area contributed by atoms with E-state index in [2.05, 4.69) is 36.8 Å². The van der Waals surface area contributed by atoms with Gasteiger partial charge in [-0.1, -0.05) is 40.0 Å². The summed E-state index contributed by atoms with van der Waals surface area (Å²) in [6.07, 6.45) is 10.8. The van der Waals surface area contributed by atoms with Gasteiger partial charge in [0.15, 0.2) is 0 Å². The summed E-state index contributed by atoms with van der Waals surface area (Å²) in [4.78, 5) is 22.7. The van der Waals surface area contributed by atoms with Crippen LogP contribution in [0, 0.1) is 0 Å². The average Bonchev–Trinajstić information content (AvgIpc) is 3.26. The van der Waals surface area contributed by atoms with Gasteiger partial charge in [-0.3, -0.25) is 9.36 Å². The number of thiophene rings is 1. The fourth-order valence-corrected chi connectivity index (χ4v) is 4.67. The van der Waals surface area contributed by atoms with Crippen molar-refractivity contribution in [3.8, 4) is 0 Å². The van der Waals surface area contributed by atoms with Crippen molar-refractivity contribution in [3.63, 3.8) is 0 Å². The molecule has 3 heterocycles. The van der Waals surface area contributed by atoms with E-state index in [0.29, 0.717) is 5.92 Å². The van der Waals surface area contributed by atoms with E-state index in [4.69, 9.17) is 0 Å². The lowest BCUT2D eigenvalue weighted by Crippen LogP contribution is -2.19. The van der Waals surface area contributed by atoms with Gasteiger partial charge in [0.2, 0.25) is 0 Å². The van der Waals surface area contributed by atoms with Gasteiger partial charge < -0.3 is 0 Å². The van der Waals surface area contributed by atoms with Gasteiger partial charge in [0.1, 0.15) is 9.53 Å². The first-order valence-electron chi connectivity index (χ1n) is 9.47. The van der Waals surface area contributed by atoms with Crippen molar-refractivity contribution >= 4 is 31.8 Å². The zero-order chi connectivity index (χ0) is 17.8. The third kappa shape index (κ3) is 3.47. The van der Waals surface area contributed by atoms with E-state index in [1.165, 1.54) is 49.0 Å². The maximum Gasteiger partial charge on any atom is 0.271 e. The highest BCUT2D eigenvalue weighted by Crippen LogP contribution is 2.40. The Morgan fingerprint density at radius 2 is 1.92 bits per heavy atom. The van der Waals surface area contributed by atoms with Crippen LogP contribution in [-0.4, -0.2) is 14.5 Å². The Bertz CT molecular complexity index is 906. The van der Waals surface area contributed by atoms with Crippen LogP contribution in [0.3, 0.4) is 0 Å². The number of rotatable bonds is 3. The minimum Gasteiger partial charge on any atom is -0.298 e. The number of nitrogens with zero attached hydrogens (tertiary/aromatic N) is 3. The molecular formula is C20H27N3OS. The summed E-state index contributed by atoms with van der Waals surface area (Å²) < 4.78 is 2.47. The zero-order valence-electron chi connectivity index (χ0n) is 15.4. The minimum absolute atomic E-state index is 0.0761. The van der Waals surface area contributed by atoms with Crippen molar-refractivity contribution in [2.45, 2.75) is 71.8 Å². The van der Waals surface area contributed by atoms with Crippen LogP contribution < -0.4 is 5.56 Å². The molecule has 25 heavy (non-hydrogen) atoms.